The number of nitro benzene ring substituents is 1. The van der Waals surface area contributed by atoms with Crippen LogP contribution >= 0.6 is 0 Å². The summed E-state index contributed by atoms with van der Waals surface area (Å²) in [6.07, 6.45) is 3.08. The molecule has 11 heteroatoms. The van der Waals surface area contributed by atoms with E-state index >= 15 is 0 Å². The van der Waals surface area contributed by atoms with Crippen molar-refractivity contribution in [2.75, 3.05) is 19.9 Å². The number of ether oxygens (including phenoxy) is 3. The highest BCUT2D eigenvalue weighted by Gasteiger charge is 2.57. The maximum absolute atomic E-state index is 13.6. The lowest BCUT2D eigenvalue weighted by Gasteiger charge is -2.37. The Kier molecular flexibility index (Phi) is 5.31. The average Bonchev–Trinajstić information content (AvgIpc) is 3.47. The van der Waals surface area contributed by atoms with E-state index in [-0.39, 0.29) is 30.6 Å². The molecule has 176 valence electrons. The van der Waals surface area contributed by atoms with Crippen LogP contribution in [0.2, 0.25) is 0 Å². The molecule has 3 heterocycles. The van der Waals surface area contributed by atoms with Gasteiger partial charge in [0.25, 0.3) is 0 Å². The van der Waals surface area contributed by atoms with Gasteiger partial charge >= 0.3 is 17.4 Å². The maximum Gasteiger partial charge on any atom is 0.380 e. The predicted molar refractivity (Wildman–Crippen MR) is 116 cm³/mol. The SMILES string of the molecule is CCOC(=O)C1(c2ccc(F)cc2)ON=C2/C(=C\c3ccc([N+](=O)[O-])c4c3OCO4)CCCN21. The van der Waals surface area contributed by atoms with E-state index in [1.807, 2.05) is 0 Å². The van der Waals surface area contributed by atoms with Gasteiger partial charge in [0.1, 0.15) is 5.82 Å². The molecule has 10 nitrogen and oxygen atoms in total. The first-order valence-electron chi connectivity index (χ1n) is 10.7. The van der Waals surface area contributed by atoms with Crippen molar-refractivity contribution in [2.24, 2.45) is 5.16 Å². The monoisotopic (exact) mass is 469 g/mol. The van der Waals surface area contributed by atoms with Gasteiger partial charge in [-0.25, -0.2) is 9.18 Å². The molecule has 0 aliphatic carbocycles. The zero-order valence-corrected chi connectivity index (χ0v) is 18.2. The van der Waals surface area contributed by atoms with Crippen molar-refractivity contribution < 1.29 is 33.2 Å². The molecule has 0 amide bonds. The van der Waals surface area contributed by atoms with E-state index in [0.29, 0.717) is 36.3 Å². The lowest BCUT2D eigenvalue weighted by Crippen LogP contribution is -2.54. The Morgan fingerprint density at radius 3 is 2.76 bits per heavy atom. The van der Waals surface area contributed by atoms with E-state index in [1.54, 1.807) is 24.0 Å². The Morgan fingerprint density at radius 2 is 2.03 bits per heavy atom. The highest BCUT2D eigenvalue weighted by atomic mass is 19.1. The molecule has 0 N–H and O–H groups in total. The third-order valence-corrected chi connectivity index (χ3v) is 5.86. The Morgan fingerprint density at radius 1 is 1.26 bits per heavy atom. The number of benzene rings is 2. The molecular weight excluding hydrogens is 449 g/mol. The van der Waals surface area contributed by atoms with Crippen LogP contribution in [0.15, 0.2) is 47.1 Å². The van der Waals surface area contributed by atoms with Crippen LogP contribution in [0.5, 0.6) is 11.5 Å². The summed E-state index contributed by atoms with van der Waals surface area (Å²) in [7, 11) is 0. The lowest BCUT2D eigenvalue weighted by molar-refractivity contribution is -0.385. The van der Waals surface area contributed by atoms with Crippen molar-refractivity contribution in [1.29, 1.82) is 0 Å². The van der Waals surface area contributed by atoms with Crippen LogP contribution in [0.3, 0.4) is 0 Å². The number of carbonyl (C=O) groups is 1. The fourth-order valence-corrected chi connectivity index (χ4v) is 4.36. The molecule has 0 radical (unpaired) electrons. The van der Waals surface area contributed by atoms with Crippen LogP contribution in [-0.2, 0) is 20.1 Å². The van der Waals surface area contributed by atoms with Gasteiger partial charge in [-0.3, -0.25) is 10.1 Å². The van der Waals surface area contributed by atoms with Crippen LogP contribution in [0.25, 0.3) is 6.08 Å². The number of fused-ring (bicyclic) bond motifs is 2. The molecule has 2 aromatic rings. The first-order valence-corrected chi connectivity index (χ1v) is 10.7. The molecule has 5 rings (SSSR count). The Labute approximate surface area is 193 Å². The molecule has 34 heavy (non-hydrogen) atoms. The molecule has 1 unspecified atom stereocenters. The minimum Gasteiger partial charge on any atom is -0.461 e. The van der Waals surface area contributed by atoms with Gasteiger partial charge in [0, 0.05) is 23.7 Å². The lowest BCUT2D eigenvalue weighted by atomic mass is 9.94. The Balaban J connectivity index is 1.55. The molecule has 3 aliphatic rings. The minimum atomic E-state index is -1.68. The zero-order valence-electron chi connectivity index (χ0n) is 18.2. The Hall–Kier alpha value is -4.15. The van der Waals surface area contributed by atoms with Gasteiger partial charge in [0.2, 0.25) is 12.5 Å². The Bertz CT molecular complexity index is 1230. The second kappa shape index (κ2) is 8.32. The summed E-state index contributed by atoms with van der Waals surface area (Å²) in [6, 6.07) is 8.36. The molecule has 3 aliphatic heterocycles. The summed E-state index contributed by atoms with van der Waals surface area (Å²) >= 11 is 0. The first-order chi connectivity index (χ1) is 16.5. The van der Waals surface area contributed by atoms with Crippen molar-refractivity contribution in [3.8, 4) is 11.5 Å². The number of nitro groups is 1. The fourth-order valence-electron chi connectivity index (χ4n) is 4.36. The largest absolute Gasteiger partial charge is 0.461 e. The highest BCUT2D eigenvalue weighted by Crippen LogP contribution is 2.46. The number of carbonyl (C=O) groups excluding carboxylic acids is 1. The molecule has 0 bridgehead atoms. The smallest absolute Gasteiger partial charge is 0.380 e. The second-order valence-electron chi connectivity index (χ2n) is 7.80. The summed E-state index contributed by atoms with van der Waals surface area (Å²) in [5.41, 5.74) is -0.158. The second-order valence-corrected chi connectivity index (χ2v) is 7.80. The van der Waals surface area contributed by atoms with E-state index < -0.39 is 22.4 Å². The molecule has 1 atom stereocenters. The minimum absolute atomic E-state index is 0.0730. The predicted octanol–water partition coefficient (Wildman–Crippen LogP) is 3.70. The molecule has 0 saturated carbocycles. The van der Waals surface area contributed by atoms with E-state index in [1.165, 1.54) is 30.3 Å². The fraction of sp³-hybridized carbons (Fsp3) is 0.304. The van der Waals surface area contributed by atoms with Crippen molar-refractivity contribution in [3.63, 3.8) is 0 Å². The highest BCUT2D eigenvalue weighted by molar-refractivity contribution is 6.06. The summed E-state index contributed by atoms with van der Waals surface area (Å²) in [4.78, 5) is 31.4. The van der Waals surface area contributed by atoms with Crippen LogP contribution in [0, 0.1) is 15.9 Å². The van der Waals surface area contributed by atoms with E-state index in [4.69, 9.17) is 19.0 Å². The molecule has 2 aromatic carbocycles. The number of hydrogen-bond donors (Lipinski definition) is 0. The van der Waals surface area contributed by atoms with Gasteiger partial charge in [-0.2, -0.15) is 0 Å². The quantitative estimate of drug-likeness (QED) is 0.370. The third kappa shape index (κ3) is 3.31. The summed E-state index contributed by atoms with van der Waals surface area (Å²) in [5, 5.41) is 15.5. The summed E-state index contributed by atoms with van der Waals surface area (Å²) in [6.45, 7) is 2.14. The number of oxime groups is 1. The van der Waals surface area contributed by atoms with Crippen molar-refractivity contribution in [3.05, 3.63) is 69.0 Å². The molecule has 1 fully saturated rings. The van der Waals surface area contributed by atoms with Gasteiger partial charge < -0.3 is 23.9 Å². The van der Waals surface area contributed by atoms with Crippen molar-refractivity contribution in [2.45, 2.75) is 25.5 Å². The summed E-state index contributed by atoms with van der Waals surface area (Å²) in [5.74, 6) is -0.336. The molecule has 0 aromatic heterocycles. The number of nitrogens with zero attached hydrogens (tertiary/aromatic N) is 3. The third-order valence-electron chi connectivity index (χ3n) is 5.86. The number of hydrogen-bond acceptors (Lipinski definition) is 9. The van der Waals surface area contributed by atoms with E-state index in [0.717, 1.165) is 5.57 Å². The van der Waals surface area contributed by atoms with Crippen LogP contribution < -0.4 is 9.47 Å². The van der Waals surface area contributed by atoms with Crippen molar-refractivity contribution >= 4 is 23.6 Å². The number of esters is 1. The molecular formula is C23H20FN3O7. The topological polar surface area (TPSA) is 113 Å². The van der Waals surface area contributed by atoms with Crippen LogP contribution in [-0.4, -0.2) is 41.6 Å². The van der Waals surface area contributed by atoms with E-state index in [9.17, 15) is 19.3 Å². The van der Waals surface area contributed by atoms with Crippen LogP contribution in [0.1, 0.15) is 30.9 Å². The number of piperidine rings is 1. The zero-order chi connectivity index (χ0) is 23.9. The molecule has 1 saturated heterocycles. The van der Waals surface area contributed by atoms with Crippen molar-refractivity contribution in [1.82, 2.24) is 4.90 Å². The van der Waals surface area contributed by atoms with Gasteiger partial charge in [-0.15, -0.1) is 0 Å². The summed E-state index contributed by atoms with van der Waals surface area (Å²) < 4.78 is 29.7. The molecule has 0 spiro atoms. The standard InChI is InChI=1S/C23H20FN3O7/c1-2-31-22(28)23(16-6-8-17(24)9-7-16)26-11-3-4-15(21(26)25-34-23)12-14-5-10-18(27(29)30)20-19(14)32-13-33-20/h5-10,12H,2-4,11,13H2,1H3/b15-12-. The normalized spacial score (nSPS) is 21.6. The van der Waals surface area contributed by atoms with Gasteiger partial charge in [-0.05, 0) is 61.7 Å². The number of rotatable bonds is 5. The van der Waals surface area contributed by atoms with E-state index in [2.05, 4.69) is 5.16 Å². The number of amidine groups is 1. The number of halogens is 1. The average molecular weight is 469 g/mol. The van der Waals surface area contributed by atoms with Gasteiger partial charge in [0.05, 0.1) is 11.5 Å². The first kappa shape index (κ1) is 21.7. The van der Waals surface area contributed by atoms with Gasteiger partial charge in [-0.1, -0.05) is 5.16 Å². The van der Waals surface area contributed by atoms with Gasteiger partial charge in [0.15, 0.2) is 11.6 Å². The maximum atomic E-state index is 13.6. The van der Waals surface area contributed by atoms with Crippen LogP contribution in [0.4, 0.5) is 10.1 Å².